The van der Waals surface area contributed by atoms with Crippen molar-refractivity contribution in [2.24, 2.45) is 0 Å². The highest BCUT2D eigenvalue weighted by molar-refractivity contribution is 9.10. The molecule has 4 nitrogen and oxygen atoms in total. The molecule has 2 unspecified atom stereocenters. The summed E-state index contributed by atoms with van der Waals surface area (Å²) in [6, 6.07) is 0.558. The van der Waals surface area contributed by atoms with Crippen molar-refractivity contribution in [1.82, 2.24) is 4.90 Å². The van der Waals surface area contributed by atoms with Crippen molar-refractivity contribution in [2.75, 3.05) is 7.11 Å². The number of nitrogens with zero attached hydrogens (tertiary/aromatic N) is 1. The summed E-state index contributed by atoms with van der Waals surface area (Å²) in [6.45, 7) is 1.49. The number of benzene rings is 1. The maximum atomic E-state index is 14.0. The molecule has 2 rings (SSSR count). The smallest absolute Gasteiger partial charge is 0.328 e. The van der Waals surface area contributed by atoms with Gasteiger partial charge in [-0.15, -0.1) is 0 Å². The van der Waals surface area contributed by atoms with Crippen LogP contribution in [0, 0.1) is 11.6 Å². The Bertz CT molecular complexity index is 571. The number of rotatable bonds is 3. The standard InChI is InChI=1S/C14H14BrF2NO3/c1-7(13-9(16)5-8(15)6-10(13)17)18-11(14(20)21-2)3-4-12(18)19/h5-7,11H,3-4H2,1-2H3. The van der Waals surface area contributed by atoms with Gasteiger partial charge in [0.2, 0.25) is 5.91 Å². The summed E-state index contributed by atoms with van der Waals surface area (Å²) < 4.78 is 33.0. The number of halogens is 3. The summed E-state index contributed by atoms with van der Waals surface area (Å²) in [7, 11) is 1.22. The van der Waals surface area contributed by atoms with Gasteiger partial charge < -0.3 is 9.64 Å². The van der Waals surface area contributed by atoms with Crippen molar-refractivity contribution < 1.29 is 23.1 Å². The second-order valence-corrected chi connectivity index (χ2v) is 5.75. The third-order valence-corrected chi connectivity index (χ3v) is 4.07. The van der Waals surface area contributed by atoms with E-state index in [2.05, 4.69) is 20.7 Å². The largest absolute Gasteiger partial charge is 0.467 e. The Labute approximate surface area is 129 Å². The molecule has 21 heavy (non-hydrogen) atoms. The lowest BCUT2D eigenvalue weighted by atomic mass is 10.0. The van der Waals surface area contributed by atoms with Crippen LogP contribution in [0.4, 0.5) is 8.78 Å². The van der Waals surface area contributed by atoms with E-state index < -0.39 is 29.7 Å². The van der Waals surface area contributed by atoms with E-state index >= 15 is 0 Å². The van der Waals surface area contributed by atoms with Gasteiger partial charge in [0.15, 0.2) is 0 Å². The minimum absolute atomic E-state index is 0.157. The van der Waals surface area contributed by atoms with Gasteiger partial charge in [-0.1, -0.05) is 15.9 Å². The average Bonchev–Trinajstić information content (AvgIpc) is 2.78. The zero-order valence-electron chi connectivity index (χ0n) is 11.5. The van der Waals surface area contributed by atoms with E-state index in [0.29, 0.717) is 0 Å². The predicted octanol–water partition coefficient (Wildman–Crippen LogP) is 2.95. The third kappa shape index (κ3) is 2.92. The molecule has 1 aliphatic heterocycles. The first-order chi connectivity index (χ1) is 9.86. The second kappa shape index (κ2) is 6.09. The first-order valence-electron chi connectivity index (χ1n) is 6.40. The van der Waals surface area contributed by atoms with E-state index in [9.17, 15) is 18.4 Å². The van der Waals surface area contributed by atoms with Crippen LogP contribution < -0.4 is 0 Å². The fourth-order valence-electron chi connectivity index (χ4n) is 2.65. The van der Waals surface area contributed by atoms with Crippen LogP contribution in [0.1, 0.15) is 31.4 Å². The molecular weight excluding hydrogens is 348 g/mol. The molecule has 1 aromatic rings. The van der Waals surface area contributed by atoms with Crippen molar-refractivity contribution in [3.8, 4) is 0 Å². The van der Waals surface area contributed by atoms with Crippen molar-refractivity contribution in [2.45, 2.75) is 31.8 Å². The minimum Gasteiger partial charge on any atom is -0.467 e. The number of hydrogen-bond acceptors (Lipinski definition) is 3. The highest BCUT2D eigenvalue weighted by atomic mass is 79.9. The molecule has 1 fully saturated rings. The topological polar surface area (TPSA) is 46.6 Å². The molecule has 114 valence electrons. The molecule has 1 saturated heterocycles. The van der Waals surface area contributed by atoms with Gasteiger partial charge >= 0.3 is 5.97 Å². The van der Waals surface area contributed by atoms with Crippen molar-refractivity contribution in [3.63, 3.8) is 0 Å². The summed E-state index contributed by atoms with van der Waals surface area (Å²) in [6.07, 6.45) is 0.444. The molecule has 0 saturated carbocycles. The summed E-state index contributed by atoms with van der Waals surface area (Å²) in [5, 5.41) is 0. The molecular formula is C14H14BrF2NO3. The lowest BCUT2D eigenvalue weighted by molar-refractivity contribution is -0.150. The van der Waals surface area contributed by atoms with E-state index in [1.54, 1.807) is 0 Å². The summed E-state index contributed by atoms with van der Waals surface area (Å²) in [5.74, 6) is -2.43. The minimum atomic E-state index is -0.891. The van der Waals surface area contributed by atoms with Crippen molar-refractivity contribution >= 4 is 27.8 Å². The fourth-order valence-corrected chi connectivity index (χ4v) is 3.05. The first kappa shape index (κ1) is 15.9. The van der Waals surface area contributed by atoms with Crippen LogP contribution in [-0.2, 0) is 14.3 Å². The van der Waals surface area contributed by atoms with Crippen LogP contribution in [-0.4, -0.2) is 29.9 Å². The Morgan fingerprint density at radius 2 is 2.00 bits per heavy atom. The Morgan fingerprint density at radius 1 is 1.43 bits per heavy atom. The van der Waals surface area contributed by atoms with E-state index in [1.807, 2.05) is 0 Å². The van der Waals surface area contributed by atoms with Crippen LogP contribution in [0.15, 0.2) is 16.6 Å². The van der Waals surface area contributed by atoms with Crippen LogP contribution in [0.25, 0.3) is 0 Å². The molecule has 1 aliphatic rings. The molecule has 2 atom stereocenters. The van der Waals surface area contributed by atoms with Gasteiger partial charge in [0.05, 0.1) is 13.2 Å². The lowest BCUT2D eigenvalue weighted by Gasteiger charge is -2.30. The monoisotopic (exact) mass is 361 g/mol. The average molecular weight is 362 g/mol. The summed E-state index contributed by atoms with van der Waals surface area (Å²) in [5.41, 5.74) is -0.234. The predicted molar refractivity (Wildman–Crippen MR) is 74.4 cm³/mol. The van der Waals surface area contributed by atoms with Gasteiger partial charge in [-0.05, 0) is 25.5 Å². The van der Waals surface area contributed by atoms with Gasteiger partial charge in [0.25, 0.3) is 0 Å². The molecule has 0 aromatic heterocycles. The molecule has 1 heterocycles. The molecule has 1 amide bonds. The van der Waals surface area contributed by atoms with E-state index in [4.69, 9.17) is 0 Å². The van der Waals surface area contributed by atoms with Crippen LogP contribution in [0.5, 0.6) is 0 Å². The Hall–Kier alpha value is -1.50. The van der Waals surface area contributed by atoms with E-state index in [1.165, 1.54) is 18.9 Å². The van der Waals surface area contributed by atoms with Gasteiger partial charge in [0.1, 0.15) is 17.7 Å². The van der Waals surface area contributed by atoms with Crippen molar-refractivity contribution in [3.05, 3.63) is 33.8 Å². The fraction of sp³-hybridized carbons (Fsp3) is 0.429. The molecule has 0 spiro atoms. The highest BCUT2D eigenvalue weighted by Gasteiger charge is 2.41. The lowest BCUT2D eigenvalue weighted by Crippen LogP contribution is -2.41. The number of hydrogen-bond donors (Lipinski definition) is 0. The zero-order valence-corrected chi connectivity index (χ0v) is 13.1. The highest BCUT2D eigenvalue weighted by Crippen LogP contribution is 2.34. The maximum absolute atomic E-state index is 14.0. The third-order valence-electron chi connectivity index (χ3n) is 3.61. The first-order valence-corrected chi connectivity index (χ1v) is 7.19. The quantitative estimate of drug-likeness (QED) is 0.777. The summed E-state index contributed by atoms with van der Waals surface area (Å²) >= 11 is 3.00. The normalized spacial score (nSPS) is 19.8. The number of amides is 1. The molecule has 0 radical (unpaired) electrons. The van der Waals surface area contributed by atoms with Gasteiger partial charge in [-0.3, -0.25) is 4.79 Å². The Morgan fingerprint density at radius 3 is 2.52 bits per heavy atom. The molecule has 0 N–H and O–H groups in total. The number of carbonyl (C=O) groups is 2. The second-order valence-electron chi connectivity index (χ2n) is 4.84. The van der Waals surface area contributed by atoms with Crippen LogP contribution in [0.2, 0.25) is 0 Å². The molecule has 0 bridgehead atoms. The number of likely N-dealkylation sites (tertiary alicyclic amines) is 1. The number of carbonyl (C=O) groups excluding carboxylic acids is 2. The number of methoxy groups -OCH3 is 1. The van der Waals surface area contributed by atoms with E-state index in [0.717, 1.165) is 12.1 Å². The Kier molecular flexibility index (Phi) is 4.61. The summed E-state index contributed by atoms with van der Waals surface area (Å²) in [4.78, 5) is 24.9. The maximum Gasteiger partial charge on any atom is 0.328 e. The number of esters is 1. The zero-order chi connectivity index (χ0) is 15.7. The SMILES string of the molecule is COC(=O)C1CCC(=O)N1C(C)c1c(F)cc(Br)cc1F. The molecule has 0 aliphatic carbocycles. The van der Waals surface area contributed by atoms with E-state index in [-0.39, 0.29) is 28.8 Å². The van der Waals surface area contributed by atoms with Gasteiger partial charge in [0, 0.05) is 16.5 Å². The van der Waals surface area contributed by atoms with Gasteiger partial charge in [-0.2, -0.15) is 0 Å². The molecule has 1 aromatic carbocycles. The van der Waals surface area contributed by atoms with Crippen LogP contribution in [0.3, 0.4) is 0 Å². The van der Waals surface area contributed by atoms with Crippen LogP contribution >= 0.6 is 15.9 Å². The Balaban J connectivity index is 2.40. The van der Waals surface area contributed by atoms with Gasteiger partial charge in [-0.25, -0.2) is 13.6 Å². The number of ether oxygens (including phenoxy) is 1. The van der Waals surface area contributed by atoms with Crippen molar-refractivity contribution in [1.29, 1.82) is 0 Å². The molecule has 7 heteroatoms.